The van der Waals surface area contributed by atoms with Crippen LogP contribution in [0.3, 0.4) is 0 Å². The highest BCUT2D eigenvalue weighted by atomic mass is 19.1. The number of para-hydroxylation sites is 1. The number of benzene rings is 3. The van der Waals surface area contributed by atoms with Gasteiger partial charge in [-0.05, 0) is 48.6 Å². The van der Waals surface area contributed by atoms with Crippen LogP contribution in [0.1, 0.15) is 60.0 Å². The normalized spacial score (nSPS) is 17.4. The molecule has 218 valence electrons. The number of carbonyl (C=O) groups is 2. The van der Waals surface area contributed by atoms with Gasteiger partial charge in [-0.3, -0.25) is 19.5 Å². The Morgan fingerprint density at radius 1 is 1.07 bits per heavy atom. The van der Waals surface area contributed by atoms with Gasteiger partial charge in [0.25, 0.3) is 5.91 Å². The molecule has 1 aromatic heterocycles. The summed E-state index contributed by atoms with van der Waals surface area (Å²) < 4.78 is 22.1. The molecule has 3 aromatic carbocycles. The summed E-state index contributed by atoms with van der Waals surface area (Å²) in [6, 6.07) is 17.6. The molecule has 4 aromatic rings. The number of carbonyl (C=O) groups excluding carboxylic acids is 2. The van der Waals surface area contributed by atoms with Crippen LogP contribution >= 0.6 is 0 Å². The van der Waals surface area contributed by atoms with Crippen LogP contribution in [0.4, 0.5) is 15.8 Å². The summed E-state index contributed by atoms with van der Waals surface area (Å²) in [6.45, 7) is 5.96. The van der Waals surface area contributed by atoms with Gasteiger partial charge in [-0.2, -0.15) is 0 Å². The van der Waals surface area contributed by atoms with Crippen molar-refractivity contribution < 1.29 is 23.8 Å². The standard InChI is InChI=1S/C34H31FN4O4/c1-20-17-37-26(18-36-20)33(42)39-27-10-7-11-28(40)31(27)38-25-15-34(2,3)16-29(41)30(25)32(39)23-13-12-22(14-24(23)35)43-19-21-8-5-4-6-9-21/h4-14,17-18,32,38,40H,15-16,19H2,1-3H3/t32-/m0/s1. The first-order valence-corrected chi connectivity index (χ1v) is 14.0. The van der Waals surface area contributed by atoms with Crippen molar-refractivity contribution in [3.63, 3.8) is 0 Å². The van der Waals surface area contributed by atoms with Crippen LogP contribution in [0.2, 0.25) is 0 Å². The van der Waals surface area contributed by atoms with Crippen LogP contribution in [-0.2, 0) is 11.4 Å². The van der Waals surface area contributed by atoms with E-state index in [1.54, 1.807) is 31.2 Å². The molecule has 0 saturated heterocycles. The van der Waals surface area contributed by atoms with Gasteiger partial charge in [-0.15, -0.1) is 0 Å². The molecule has 8 nitrogen and oxygen atoms in total. The number of aryl methyl sites for hydroxylation is 1. The number of phenolic OH excluding ortho intramolecular Hbond substituents is 1. The monoisotopic (exact) mass is 578 g/mol. The van der Waals surface area contributed by atoms with Gasteiger partial charge in [-0.25, -0.2) is 9.37 Å². The third-order valence-corrected chi connectivity index (χ3v) is 7.74. The fourth-order valence-corrected chi connectivity index (χ4v) is 5.75. The average molecular weight is 579 g/mol. The lowest BCUT2D eigenvalue weighted by atomic mass is 9.73. The Hall–Kier alpha value is -5.05. The number of fused-ring (bicyclic) bond motifs is 1. The van der Waals surface area contributed by atoms with E-state index in [-0.39, 0.29) is 52.8 Å². The van der Waals surface area contributed by atoms with E-state index in [0.29, 0.717) is 23.6 Å². The first-order valence-electron chi connectivity index (χ1n) is 14.0. The summed E-state index contributed by atoms with van der Waals surface area (Å²) in [6.07, 6.45) is 3.48. The molecule has 0 saturated carbocycles. The van der Waals surface area contributed by atoms with Crippen LogP contribution in [0.15, 0.2) is 90.4 Å². The van der Waals surface area contributed by atoms with E-state index in [0.717, 1.165) is 5.56 Å². The minimum Gasteiger partial charge on any atom is -0.506 e. The largest absolute Gasteiger partial charge is 0.506 e. The van der Waals surface area contributed by atoms with Crippen molar-refractivity contribution in [2.75, 3.05) is 10.2 Å². The topological polar surface area (TPSA) is 105 Å². The van der Waals surface area contributed by atoms with Gasteiger partial charge in [0.1, 0.15) is 35.3 Å². The fourth-order valence-electron chi connectivity index (χ4n) is 5.75. The SMILES string of the molecule is Cc1cnc(C(=O)N2c3cccc(O)c3NC3=C(C(=O)CC(C)(C)C3)[C@@H]2c2ccc(OCc3ccccc3)cc2F)cn1. The third-order valence-electron chi connectivity index (χ3n) is 7.74. The molecule has 1 aliphatic carbocycles. The zero-order valence-corrected chi connectivity index (χ0v) is 24.1. The number of hydrogen-bond acceptors (Lipinski definition) is 7. The van der Waals surface area contributed by atoms with Crippen LogP contribution in [0.5, 0.6) is 11.5 Å². The number of hydrogen-bond donors (Lipinski definition) is 2. The first-order chi connectivity index (χ1) is 20.6. The molecule has 6 rings (SSSR count). The highest BCUT2D eigenvalue weighted by Gasteiger charge is 2.45. The molecule has 1 amide bonds. The summed E-state index contributed by atoms with van der Waals surface area (Å²) in [7, 11) is 0. The van der Waals surface area contributed by atoms with Gasteiger partial charge in [0.15, 0.2) is 5.78 Å². The number of anilines is 2. The number of amides is 1. The van der Waals surface area contributed by atoms with Crippen LogP contribution in [0, 0.1) is 18.2 Å². The molecular weight excluding hydrogens is 547 g/mol. The van der Waals surface area contributed by atoms with Crippen molar-refractivity contribution in [2.45, 2.75) is 46.3 Å². The second kappa shape index (κ2) is 11.0. The Kier molecular flexibility index (Phi) is 7.17. The minimum atomic E-state index is -1.16. The second-order valence-corrected chi connectivity index (χ2v) is 11.7. The highest BCUT2D eigenvalue weighted by molar-refractivity contribution is 6.11. The number of nitrogens with zero attached hydrogens (tertiary/aromatic N) is 3. The molecule has 0 bridgehead atoms. The number of aromatic nitrogens is 2. The first kappa shape index (κ1) is 28.1. The lowest BCUT2D eigenvalue weighted by molar-refractivity contribution is -0.118. The Labute approximate surface area is 248 Å². The number of rotatable bonds is 5. The molecular formula is C34H31FN4O4. The fraction of sp³-hybridized carbons (Fsp3) is 0.235. The second-order valence-electron chi connectivity index (χ2n) is 11.7. The maximum absolute atomic E-state index is 16.2. The van der Waals surface area contributed by atoms with E-state index >= 15 is 4.39 Å². The van der Waals surface area contributed by atoms with E-state index in [4.69, 9.17) is 4.74 Å². The Bertz CT molecular complexity index is 1750. The molecule has 1 aliphatic heterocycles. The summed E-state index contributed by atoms with van der Waals surface area (Å²) in [4.78, 5) is 38.1. The molecule has 2 N–H and O–H groups in total. The van der Waals surface area contributed by atoms with E-state index in [1.165, 1.54) is 29.4 Å². The van der Waals surface area contributed by atoms with Crippen LogP contribution in [0.25, 0.3) is 0 Å². The van der Waals surface area contributed by atoms with Gasteiger partial charge in [0.2, 0.25) is 0 Å². The third kappa shape index (κ3) is 5.46. The lowest BCUT2D eigenvalue weighted by Crippen LogP contribution is -2.40. The van der Waals surface area contributed by atoms with Gasteiger partial charge >= 0.3 is 0 Å². The van der Waals surface area contributed by atoms with E-state index in [2.05, 4.69) is 15.3 Å². The Morgan fingerprint density at radius 2 is 1.86 bits per heavy atom. The van der Waals surface area contributed by atoms with Crippen molar-refractivity contribution in [3.05, 3.63) is 119 Å². The summed E-state index contributed by atoms with van der Waals surface area (Å²) in [5, 5.41) is 14.2. The van der Waals surface area contributed by atoms with Crippen molar-refractivity contribution in [1.82, 2.24) is 9.97 Å². The molecule has 0 unspecified atom stereocenters. The number of halogens is 1. The number of aromatic hydroxyl groups is 1. The van der Waals surface area contributed by atoms with Crippen molar-refractivity contribution in [1.29, 1.82) is 0 Å². The number of ether oxygens (including phenoxy) is 1. The quantitative estimate of drug-likeness (QED) is 0.255. The van der Waals surface area contributed by atoms with E-state index in [1.807, 2.05) is 44.2 Å². The number of nitrogens with one attached hydrogen (secondary N) is 1. The molecule has 2 aliphatic rings. The molecule has 0 spiro atoms. The van der Waals surface area contributed by atoms with Gasteiger partial charge < -0.3 is 15.2 Å². The van der Waals surface area contributed by atoms with Crippen molar-refractivity contribution in [2.24, 2.45) is 5.41 Å². The zero-order chi connectivity index (χ0) is 30.3. The van der Waals surface area contributed by atoms with E-state index < -0.39 is 23.2 Å². The predicted octanol–water partition coefficient (Wildman–Crippen LogP) is 6.67. The van der Waals surface area contributed by atoms with Gasteiger partial charge in [-0.1, -0.05) is 50.2 Å². The smallest absolute Gasteiger partial charge is 0.279 e. The molecule has 0 radical (unpaired) electrons. The van der Waals surface area contributed by atoms with Crippen LogP contribution < -0.4 is 15.0 Å². The summed E-state index contributed by atoms with van der Waals surface area (Å²) in [5.74, 6) is -1.26. The number of ketones is 1. The van der Waals surface area contributed by atoms with Crippen molar-refractivity contribution in [3.8, 4) is 11.5 Å². The zero-order valence-electron chi connectivity index (χ0n) is 24.1. The molecule has 9 heteroatoms. The van der Waals surface area contributed by atoms with Crippen molar-refractivity contribution >= 4 is 23.1 Å². The maximum Gasteiger partial charge on any atom is 0.279 e. The Morgan fingerprint density at radius 3 is 2.58 bits per heavy atom. The Balaban J connectivity index is 1.52. The number of Topliss-reactive ketones (excluding diaryl/α,β-unsaturated/α-hetero) is 1. The molecule has 2 heterocycles. The van der Waals surface area contributed by atoms with Crippen LogP contribution in [-0.4, -0.2) is 26.8 Å². The average Bonchev–Trinajstić information content (AvgIpc) is 3.11. The molecule has 0 fully saturated rings. The predicted molar refractivity (Wildman–Crippen MR) is 160 cm³/mol. The summed E-state index contributed by atoms with van der Waals surface area (Å²) in [5.41, 5.74) is 2.60. The van der Waals surface area contributed by atoms with Gasteiger partial charge in [0, 0.05) is 35.5 Å². The number of allylic oxidation sites excluding steroid dienone is 1. The highest BCUT2D eigenvalue weighted by Crippen LogP contribution is 2.51. The lowest BCUT2D eigenvalue weighted by Gasteiger charge is -2.37. The number of phenols is 1. The maximum atomic E-state index is 16.2. The minimum absolute atomic E-state index is 0.0146. The molecule has 1 atom stereocenters. The summed E-state index contributed by atoms with van der Waals surface area (Å²) >= 11 is 0. The van der Waals surface area contributed by atoms with E-state index in [9.17, 15) is 14.7 Å². The molecule has 43 heavy (non-hydrogen) atoms. The van der Waals surface area contributed by atoms with Gasteiger partial charge in [0.05, 0.1) is 23.6 Å².